The zero-order chi connectivity index (χ0) is 25.3. The summed E-state index contributed by atoms with van der Waals surface area (Å²) in [6.07, 6.45) is 14.9. The monoisotopic (exact) mass is 507 g/mol. The van der Waals surface area contributed by atoms with Crippen LogP contribution in [0.2, 0.25) is 0 Å². The molecule has 0 spiro atoms. The van der Waals surface area contributed by atoms with Gasteiger partial charge in [-0.05, 0) is 6.42 Å². The van der Waals surface area contributed by atoms with E-state index in [1.54, 1.807) is 0 Å². The van der Waals surface area contributed by atoms with Gasteiger partial charge < -0.3 is 38.9 Å². The van der Waals surface area contributed by atoms with Crippen LogP contribution in [0.1, 0.15) is 77.6 Å². The molecule has 0 rings (SSSR count). The van der Waals surface area contributed by atoms with Gasteiger partial charge in [-0.15, -0.1) is 0 Å². The van der Waals surface area contributed by atoms with E-state index in [-0.39, 0.29) is 0 Å². The molecule has 0 atom stereocenters. The lowest BCUT2D eigenvalue weighted by atomic mass is 10.1. The maximum atomic E-state index is 5.63. The van der Waals surface area contributed by atoms with Gasteiger partial charge in [0.05, 0.1) is 85.9 Å². The van der Waals surface area contributed by atoms with Crippen LogP contribution in [-0.4, -0.2) is 99.0 Å². The van der Waals surface area contributed by atoms with Gasteiger partial charge in [0, 0.05) is 13.2 Å². The van der Waals surface area contributed by atoms with E-state index in [2.05, 4.69) is 6.92 Å². The minimum atomic E-state index is 0.539. The van der Waals surface area contributed by atoms with Crippen LogP contribution in [0.3, 0.4) is 0 Å². The van der Waals surface area contributed by atoms with Crippen molar-refractivity contribution in [1.82, 2.24) is 0 Å². The van der Waals surface area contributed by atoms with Crippen LogP contribution in [0.4, 0.5) is 0 Å². The lowest BCUT2D eigenvalue weighted by Gasteiger charge is -2.08. The highest BCUT2D eigenvalue weighted by atomic mass is 16.6. The van der Waals surface area contributed by atoms with Gasteiger partial charge in [0.2, 0.25) is 0 Å². The number of nitrogens with two attached hydrogens (primary N) is 1. The molecule has 0 aliphatic carbocycles. The van der Waals surface area contributed by atoms with Crippen molar-refractivity contribution in [2.75, 3.05) is 99.0 Å². The Kier molecular flexibility index (Phi) is 33.4. The lowest BCUT2D eigenvalue weighted by molar-refractivity contribution is -0.0203. The maximum absolute atomic E-state index is 5.63. The summed E-state index contributed by atoms with van der Waals surface area (Å²) in [5.74, 6) is 0. The van der Waals surface area contributed by atoms with E-state index in [0.29, 0.717) is 92.4 Å². The standard InChI is InChI=1S/C27H57NO7/c1-2-3-4-5-6-7-8-9-10-11-12-14-29-16-18-31-20-22-33-24-26-35-27-25-34-23-21-32-19-17-30-15-13-28/h2-28H2,1H3. The molecular formula is C27H57NO7. The van der Waals surface area contributed by atoms with Gasteiger partial charge in [-0.1, -0.05) is 71.1 Å². The van der Waals surface area contributed by atoms with E-state index in [1.807, 2.05) is 0 Å². The highest BCUT2D eigenvalue weighted by Gasteiger charge is 1.96. The Morgan fingerprint density at radius 3 is 0.886 bits per heavy atom. The minimum absolute atomic E-state index is 0.539. The lowest BCUT2D eigenvalue weighted by Crippen LogP contribution is -2.15. The van der Waals surface area contributed by atoms with E-state index >= 15 is 0 Å². The van der Waals surface area contributed by atoms with E-state index in [0.717, 1.165) is 13.0 Å². The number of hydrogen-bond acceptors (Lipinski definition) is 8. The minimum Gasteiger partial charge on any atom is -0.379 e. The number of unbranched alkanes of at least 4 members (excludes halogenated alkanes) is 10. The molecule has 0 aromatic rings. The van der Waals surface area contributed by atoms with Crippen LogP contribution < -0.4 is 5.73 Å². The molecule has 8 nitrogen and oxygen atoms in total. The summed E-state index contributed by atoms with van der Waals surface area (Å²) >= 11 is 0. The zero-order valence-corrected chi connectivity index (χ0v) is 22.8. The predicted octanol–water partition coefficient (Wildman–Crippen LogP) is 4.37. The van der Waals surface area contributed by atoms with Crippen LogP contribution in [0.15, 0.2) is 0 Å². The summed E-state index contributed by atoms with van der Waals surface area (Å²) in [5.41, 5.74) is 5.33. The first-order valence-corrected chi connectivity index (χ1v) is 14.2. The highest BCUT2D eigenvalue weighted by Crippen LogP contribution is 2.11. The molecule has 0 saturated carbocycles. The molecule has 0 aromatic carbocycles. The summed E-state index contributed by atoms with van der Waals surface area (Å²) in [6.45, 7) is 11.1. The first-order valence-electron chi connectivity index (χ1n) is 14.2. The number of rotatable bonds is 32. The SMILES string of the molecule is CCCCCCCCCCCCCOCCOCCOCCOCCOCCOCCOCCN. The smallest absolute Gasteiger partial charge is 0.0701 e. The molecule has 2 N–H and O–H groups in total. The third-order valence-electron chi connectivity index (χ3n) is 5.39. The van der Waals surface area contributed by atoms with E-state index in [4.69, 9.17) is 38.9 Å². The van der Waals surface area contributed by atoms with Crippen molar-refractivity contribution in [2.24, 2.45) is 5.73 Å². The van der Waals surface area contributed by atoms with Gasteiger partial charge >= 0.3 is 0 Å². The Labute approximate surface area is 215 Å². The summed E-state index contributed by atoms with van der Waals surface area (Å²) < 4.78 is 38.1. The average molecular weight is 508 g/mol. The third-order valence-corrected chi connectivity index (χ3v) is 5.39. The van der Waals surface area contributed by atoms with Crippen LogP contribution in [0, 0.1) is 0 Å². The molecule has 0 saturated heterocycles. The molecule has 0 fully saturated rings. The highest BCUT2D eigenvalue weighted by molar-refractivity contribution is 4.48. The van der Waals surface area contributed by atoms with Gasteiger partial charge in [-0.25, -0.2) is 0 Å². The first kappa shape index (κ1) is 34.7. The number of hydrogen-bond donors (Lipinski definition) is 1. The normalized spacial score (nSPS) is 11.5. The Morgan fingerprint density at radius 1 is 0.314 bits per heavy atom. The fourth-order valence-electron chi connectivity index (χ4n) is 3.37. The third kappa shape index (κ3) is 33.7. The first-order chi connectivity index (χ1) is 17.4. The Bertz CT molecular complexity index is 332. The van der Waals surface area contributed by atoms with Crippen LogP contribution in [0.5, 0.6) is 0 Å². The van der Waals surface area contributed by atoms with Crippen molar-refractivity contribution in [2.45, 2.75) is 77.6 Å². The summed E-state index contributed by atoms with van der Waals surface area (Å²) in [5, 5.41) is 0. The van der Waals surface area contributed by atoms with Crippen LogP contribution in [0.25, 0.3) is 0 Å². The zero-order valence-electron chi connectivity index (χ0n) is 22.8. The molecule has 35 heavy (non-hydrogen) atoms. The predicted molar refractivity (Wildman–Crippen MR) is 141 cm³/mol. The molecule has 0 aromatic heterocycles. The van der Waals surface area contributed by atoms with Crippen molar-refractivity contribution >= 4 is 0 Å². The van der Waals surface area contributed by atoms with E-state index < -0.39 is 0 Å². The molecule has 8 heteroatoms. The van der Waals surface area contributed by atoms with Crippen molar-refractivity contribution in [3.63, 3.8) is 0 Å². The topological polar surface area (TPSA) is 90.6 Å². The van der Waals surface area contributed by atoms with Gasteiger partial charge in [0.15, 0.2) is 0 Å². The van der Waals surface area contributed by atoms with Crippen LogP contribution >= 0.6 is 0 Å². The summed E-state index contributed by atoms with van der Waals surface area (Å²) in [7, 11) is 0. The second-order valence-electron chi connectivity index (χ2n) is 8.61. The largest absolute Gasteiger partial charge is 0.379 e. The fraction of sp³-hybridized carbons (Fsp3) is 1.00. The molecule has 0 bridgehead atoms. The van der Waals surface area contributed by atoms with E-state index in [1.165, 1.54) is 64.2 Å². The Balaban J connectivity index is 3.00. The Morgan fingerprint density at radius 2 is 0.571 bits per heavy atom. The molecule has 0 aliphatic rings. The van der Waals surface area contributed by atoms with Gasteiger partial charge in [-0.2, -0.15) is 0 Å². The molecule has 0 radical (unpaired) electrons. The molecule has 212 valence electrons. The quantitative estimate of drug-likeness (QED) is 0.134. The van der Waals surface area contributed by atoms with Gasteiger partial charge in [0.1, 0.15) is 0 Å². The van der Waals surface area contributed by atoms with Gasteiger partial charge in [0.25, 0.3) is 0 Å². The molecule has 0 unspecified atom stereocenters. The second kappa shape index (κ2) is 33.7. The second-order valence-corrected chi connectivity index (χ2v) is 8.61. The fourth-order valence-corrected chi connectivity index (χ4v) is 3.37. The van der Waals surface area contributed by atoms with Crippen molar-refractivity contribution in [3.05, 3.63) is 0 Å². The molecule has 0 heterocycles. The van der Waals surface area contributed by atoms with Crippen molar-refractivity contribution in [3.8, 4) is 0 Å². The van der Waals surface area contributed by atoms with Crippen molar-refractivity contribution in [1.29, 1.82) is 0 Å². The number of ether oxygens (including phenoxy) is 7. The van der Waals surface area contributed by atoms with Crippen LogP contribution in [-0.2, 0) is 33.2 Å². The van der Waals surface area contributed by atoms with Gasteiger partial charge in [-0.3, -0.25) is 0 Å². The molecule has 0 amide bonds. The summed E-state index contributed by atoms with van der Waals surface area (Å²) in [4.78, 5) is 0. The molecular weight excluding hydrogens is 450 g/mol. The van der Waals surface area contributed by atoms with Crippen molar-refractivity contribution < 1.29 is 33.2 Å². The van der Waals surface area contributed by atoms with E-state index in [9.17, 15) is 0 Å². The maximum Gasteiger partial charge on any atom is 0.0701 e. The molecule has 0 aliphatic heterocycles. The average Bonchev–Trinajstić information content (AvgIpc) is 2.87. The summed E-state index contributed by atoms with van der Waals surface area (Å²) in [6, 6.07) is 0. The Hall–Kier alpha value is -0.320.